The molecule has 43 heavy (non-hydrogen) atoms. The van der Waals surface area contributed by atoms with Gasteiger partial charge < -0.3 is 29.8 Å². The number of amides is 3. The summed E-state index contributed by atoms with van der Waals surface area (Å²) < 4.78 is 8.22. The van der Waals surface area contributed by atoms with Gasteiger partial charge in [-0.25, -0.2) is 0 Å². The van der Waals surface area contributed by atoms with E-state index in [0.29, 0.717) is 41.5 Å². The summed E-state index contributed by atoms with van der Waals surface area (Å²) in [6, 6.07) is 20.5. The van der Waals surface area contributed by atoms with Crippen LogP contribution in [0.3, 0.4) is 0 Å². The molecule has 0 aliphatic heterocycles. The third-order valence-electron chi connectivity index (χ3n) is 6.84. The molecule has 3 amide bonds. The molecule has 0 bridgehead atoms. The van der Waals surface area contributed by atoms with Crippen LogP contribution in [0.15, 0.2) is 85.3 Å². The number of fused-ring (bicyclic) bond motifs is 1. The van der Waals surface area contributed by atoms with E-state index in [1.54, 1.807) is 67.0 Å². The molecular formula is C33H32N6O4. The van der Waals surface area contributed by atoms with Gasteiger partial charge in [-0.1, -0.05) is 42.5 Å². The molecular weight excluding hydrogens is 544 g/mol. The summed E-state index contributed by atoms with van der Waals surface area (Å²) in [5.74, 6) is -0.938. The molecule has 0 unspecified atom stereocenters. The summed E-state index contributed by atoms with van der Waals surface area (Å²) in [5, 5.41) is 9.49. The van der Waals surface area contributed by atoms with Crippen LogP contribution in [0, 0.1) is 0 Å². The molecule has 2 aromatic carbocycles. The molecule has 3 N–H and O–H groups in total. The highest BCUT2D eigenvalue weighted by atomic mass is 16.5. The van der Waals surface area contributed by atoms with Gasteiger partial charge in [-0.2, -0.15) is 0 Å². The molecule has 0 radical (unpaired) electrons. The average Bonchev–Trinajstić information content (AvgIpc) is 3.57. The van der Waals surface area contributed by atoms with Gasteiger partial charge in [-0.15, -0.1) is 0 Å². The number of aryl methyl sites for hydroxylation is 2. The fraction of sp³-hybridized carbons (Fsp3) is 0.152. The number of hydrogen-bond donors (Lipinski definition) is 3. The Kier molecular flexibility index (Phi) is 8.78. The molecule has 0 aliphatic carbocycles. The average molecular weight is 577 g/mol. The van der Waals surface area contributed by atoms with Gasteiger partial charge in [0, 0.05) is 57.3 Å². The standard InChI is InChI=1S/C33H32N6O4/c1-38-21-27(17-29(38)32(41)34-14-15-43-3)37-33(42)30-18-26(20-39(30)2)36-31(40)24-12-10-22(11-13-24)8-9-23-16-25-6-4-5-7-28(25)35-19-23/h4-13,16-21H,14-15H2,1-3H3,(H,34,41)(H,36,40)(H,37,42)/b9-8+. The first kappa shape index (κ1) is 29.0. The topological polar surface area (TPSA) is 119 Å². The van der Waals surface area contributed by atoms with Gasteiger partial charge in [0.2, 0.25) is 0 Å². The fourth-order valence-corrected chi connectivity index (χ4v) is 4.59. The van der Waals surface area contributed by atoms with Gasteiger partial charge in [-0.05, 0) is 47.5 Å². The van der Waals surface area contributed by atoms with Crippen molar-refractivity contribution < 1.29 is 19.1 Å². The van der Waals surface area contributed by atoms with Gasteiger partial charge in [0.25, 0.3) is 17.7 Å². The second-order valence-electron chi connectivity index (χ2n) is 10.0. The molecule has 5 rings (SSSR count). The summed E-state index contributed by atoms with van der Waals surface area (Å²) in [6.45, 7) is 0.783. The van der Waals surface area contributed by atoms with Crippen molar-refractivity contribution in [3.05, 3.63) is 113 Å². The van der Waals surface area contributed by atoms with Crippen LogP contribution in [0.5, 0.6) is 0 Å². The number of para-hydroxylation sites is 1. The molecule has 3 heterocycles. The van der Waals surface area contributed by atoms with Crippen molar-refractivity contribution in [2.75, 3.05) is 30.9 Å². The predicted molar refractivity (Wildman–Crippen MR) is 168 cm³/mol. The highest BCUT2D eigenvalue weighted by molar-refractivity contribution is 6.07. The number of nitrogens with one attached hydrogen (secondary N) is 3. The van der Waals surface area contributed by atoms with Crippen molar-refractivity contribution in [2.45, 2.75) is 0 Å². The number of carbonyl (C=O) groups is 3. The molecule has 218 valence electrons. The number of ether oxygens (including phenoxy) is 1. The minimum atomic E-state index is -0.377. The summed E-state index contributed by atoms with van der Waals surface area (Å²) in [5.41, 5.74) is 5.07. The van der Waals surface area contributed by atoms with Gasteiger partial charge in [0.15, 0.2) is 0 Å². The molecule has 0 atom stereocenters. The lowest BCUT2D eigenvalue weighted by Crippen LogP contribution is -2.28. The van der Waals surface area contributed by atoms with Crippen molar-refractivity contribution in [3.63, 3.8) is 0 Å². The maximum Gasteiger partial charge on any atom is 0.272 e. The third kappa shape index (κ3) is 7.06. The number of benzene rings is 2. The van der Waals surface area contributed by atoms with Crippen molar-refractivity contribution >= 4 is 52.2 Å². The summed E-state index contributed by atoms with van der Waals surface area (Å²) >= 11 is 0. The Balaban J connectivity index is 1.19. The molecule has 3 aromatic heterocycles. The lowest BCUT2D eigenvalue weighted by atomic mass is 10.1. The normalized spacial score (nSPS) is 11.1. The van der Waals surface area contributed by atoms with Crippen LogP contribution in [-0.4, -0.2) is 52.1 Å². The van der Waals surface area contributed by atoms with E-state index in [1.807, 2.05) is 54.7 Å². The van der Waals surface area contributed by atoms with E-state index in [-0.39, 0.29) is 17.7 Å². The minimum absolute atomic E-state index is 0.268. The largest absolute Gasteiger partial charge is 0.383 e. The van der Waals surface area contributed by atoms with Crippen molar-refractivity contribution in [1.29, 1.82) is 0 Å². The Morgan fingerprint density at radius 3 is 2.12 bits per heavy atom. The summed E-state index contributed by atoms with van der Waals surface area (Å²) in [6.07, 6.45) is 9.11. The maximum absolute atomic E-state index is 13.0. The second-order valence-corrected chi connectivity index (χ2v) is 10.0. The number of nitrogens with zero attached hydrogens (tertiary/aromatic N) is 3. The fourth-order valence-electron chi connectivity index (χ4n) is 4.59. The molecule has 0 saturated carbocycles. The van der Waals surface area contributed by atoms with E-state index in [9.17, 15) is 14.4 Å². The number of aromatic nitrogens is 3. The summed E-state index contributed by atoms with van der Waals surface area (Å²) in [7, 11) is 5.00. The van der Waals surface area contributed by atoms with Crippen LogP contribution in [0.4, 0.5) is 11.4 Å². The maximum atomic E-state index is 13.0. The first-order chi connectivity index (χ1) is 20.8. The number of hydrogen-bond acceptors (Lipinski definition) is 5. The molecule has 0 spiro atoms. The van der Waals surface area contributed by atoms with Gasteiger partial charge in [0.1, 0.15) is 11.4 Å². The van der Waals surface area contributed by atoms with Gasteiger partial charge in [0.05, 0.1) is 23.5 Å². The molecule has 0 saturated heterocycles. The number of anilines is 2. The first-order valence-corrected chi connectivity index (χ1v) is 13.7. The van der Waals surface area contributed by atoms with E-state index < -0.39 is 0 Å². The Hall–Kier alpha value is -5.48. The number of pyridine rings is 1. The number of carbonyl (C=O) groups excluding carboxylic acids is 3. The zero-order chi connectivity index (χ0) is 30.3. The van der Waals surface area contributed by atoms with Crippen LogP contribution in [0.1, 0.15) is 42.5 Å². The Morgan fingerprint density at radius 2 is 1.42 bits per heavy atom. The Bertz CT molecular complexity index is 1820. The zero-order valence-electron chi connectivity index (χ0n) is 24.1. The third-order valence-corrected chi connectivity index (χ3v) is 6.84. The molecule has 0 fully saturated rings. The second kappa shape index (κ2) is 13.0. The quantitative estimate of drug-likeness (QED) is 0.203. The molecule has 10 heteroatoms. The van der Waals surface area contributed by atoms with Crippen LogP contribution in [0.2, 0.25) is 0 Å². The van der Waals surface area contributed by atoms with Crippen molar-refractivity contribution in [1.82, 2.24) is 19.4 Å². The molecule has 5 aromatic rings. The van der Waals surface area contributed by atoms with E-state index in [0.717, 1.165) is 22.0 Å². The minimum Gasteiger partial charge on any atom is -0.383 e. The molecule has 10 nitrogen and oxygen atoms in total. The SMILES string of the molecule is COCCNC(=O)c1cc(NC(=O)c2cc(NC(=O)c3ccc(/C=C/c4cnc5ccccc5c4)cc3)cn2C)cn1C. The van der Waals surface area contributed by atoms with Crippen molar-refractivity contribution in [3.8, 4) is 0 Å². The highest BCUT2D eigenvalue weighted by Gasteiger charge is 2.17. The smallest absolute Gasteiger partial charge is 0.272 e. The summed E-state index contributed by atoms with van der Waals surface area (Å²) in [4.78, 5) is 42.8. The van der Waals surface area contributed by atoms with E-state index >= 15 is 0 Å². The van der Waals surface area contributed by atoms with E-state index in [1.165, 1.54) is 0 Å². The molecule has 0 aliphatic rings. The Labute approximate surface area is 249 Å². The number of rotatable bonds is 10. The highest BCUT2D eigenvalue weighted by Crippen LogP contribution is 2.19. The van der Waals surface area contributed by atoms with Crippen LogP contribution in [-0.2, 0) is 18.8 Å². The first-order valence-electron chi connectivity index (χ1n) is 13.7. The number of methoxy groups -OCH3 is 1. The lowest BCUT2D eigenvalue weighted by Gasteiger charge is -2.04. The van der Waals surface area contributed by atoms with E-state index in [4.69, 9.17) is 4.74 Å². The van der Waals surface area contributed by atoms with Gasteiger partial charge >= 0.3 is 0 Å². The van der Waals surface area contributed by atoms with Crippen LogP contribution in [0.25, 0.3) is 23.1 Å². The van der Waals surface area contributed by atoms with Crippen molar-refractivity contribution in [2.24, 2.45) is 14.1 Å². The van der Waals surface area contributed by atoms with Gasteiger partial charge in [-0.3, -0.25) is 19.4 Å². The lowest BCUT2D eigenvalue weighted by molar-refractivity contribution is 0.0927. The Morgan fingerprint density at radius 1 is 0.791 bits per heavy atom. The van der Waals surface area contributed by atoms with Crippen LogP contribution >= 0.6 is 0 Å². The van der Waals surface area contributed by atoms with Crippen LogP contribution < -0.4 is 16.0 Å². The zero-order valence-corrected chi connectivity index (χ0v) is 24.1. The predicted octanol–water partition coefficient (Wildman–Crippen LogP) is 4.96. The monoisotopic (exact) mass is 576 g/mol. The van der Waals surface area contributed by atoms with E-state index in [2.05, 4.69) is 27.0 Å².